The van der Waals surface area contributed by atoms with Crippen molar-refractivity contribution < 1.29 is 4.79 Å². The first-order valence-corrected chi connectivity index (χ1v) is 7.30. The zero-order valence-electron chi connectivity index (χ0n) is 13.0. The van der Waals surface area contributed by atoms with Gasteiger partial charge in [0.2, 0.25) is 5.91 Å². The molecule has 22 heavy (non-hydrogen) atoms. The fourth-order valence-corrected chi connectivity index (χ4v) is 1.95. The fraction of sp³-hybridized carbons (Fsp3) is 0.375. The second kappa shape index (κ2) is 9.23. The Labute approximate surface area is 137 Å². The summed E-state index contributed by atoms with van der Waals surface area (Å²) < 4.78 is 1.82. The van der Waals surface area contributed by atoms with Crippen LogP contribution >= 0.6 is 12.4 Å². The number of hydrogen-bond donors (Lipinski definition) is 2. The van der Waals surface area contributed by atoms with E-state index < -0.39 is 0 Å². The van der Waals surface area contributed by atoms with Gasteiger partial charge in [0, 0.05) is 25.5 Å². The molecular weight excluding hydrogens is 300 g/mol. The molecule has 2 N–H and O–H groups in total. The Morgan fingerprint density at radius 2 is 2.05 bits per heavy atom. The van der Waals surface area contributed by atoms with Crippen molar-refractivity contribution in [1.29, 1.82) is 0 Å². The third-order valence-corrected chi connectivity index (χ3v) is 3.26. The highest BCUT2D eigenvalue weighted by Crippen LogP contribution is 2.08. The summed E-state index contributed by atoms with van der Waals surface area (Å²) in [5.41, 5.74) is 2.17. The van der Waals surface area contributed by atoms with Gasteiger partial charge < -0.3 is 10.6 Å². The van der Waals surface area contributed by atoms with Crippen LogP contribution in [-0.2, 0) is 11.3 Å². The van der Waals surface area contributed by atoms with Gasteiger partial charge in [0.1, 0.15) is 0 Å². The number of carbonyl (C=O) groups excluding carboxylic acids is 1. The lowest BCUT2D eigenvalue weighted by atomic mass is 10.2. The molecule has 1 atom stereocenters. The maximum atomic E-state index is 11.7. The summed E-state index contributed by atoms with van der Waals surface area (Å²) in [6.07, 6.45) is 4.62. The van der Waals surface area contributed by atoms with Gasteiger partial charge in [0.05, 0.1) is 11.7 Å². The van der Waals surface area contributed by atoms with Crippen LogP contribution in [-0.4, -0.2) is 28.3 Å². The average Bonchev–Trinajstić information content (AvgIpc) is 3.05. The number of nitrogens with one attached hydrogen (secondary N) is 2. The van der Waals surface area contributed by atoms with E-state index in [0.717, 1.165) is 24.2 Å². The zero-order valence-corrected chi connectivity index (χ0v) is 13.8. The van der Waals surface area contributed by atoms with E-state index >= 15 is 0 Å². The molecule has 0 bridgehead atoms. The number of carbonyl (C=O) groups is 1. The highest BCUT2D eigenvalue weighted by Gasteiger charge is 2.10. The normalized spacial score (nSPS) is 11.5. The van der Waals surface area contributed by atoms with Crippen molar-refractivity contribution >= 4 is 18.3 Å². The van der Waals surface area contributed by atoms with E-state index in [-0.39, 0.29) is 24.4 Å². The second-order valence-corrected chi connectivity index (χ2v) is 5.01. The van der Waals surface area contributed by atoms with Gasteiger partial charge in [-0.25, -0.2) is 4.68 Å². The molecule has 1 amide bonds. The molecule has 2 rings (SSSR count). The number of amides is 1. The predicted molar refractivity (Wildman–Crippen MR) is 90.4 cm³/mol. The molecule has 1 aromatic heterocycles. The van der Waals surface area contributed by atoms with Crippen molar-refractivity contribution in [3.8, 4) is 5.69 Å². The fourth-order valence-electron chi connectivity index (χ4n) is 1.95. The number of halogens is 1. The lowest BCUT2D eigenvalue weighted by Gasteiger charge is -2.14. The topological polar surface area (TPSA) is 59.0 Å². The van der Waals surface area contributed by atoms with Crippen LogP contribution in [0.15, 0.2) is 42.7 Å². The first kappa shape index (κ1) is 18.2. The summed E-state index contributed by atoms with van der Waals surface area (Å²) >= 11 is 0. The summed E-state index contributed by atoms with van der Waals surface area (Å²) in [5, 5.41) is 10.3. The Bertz CT molecular complexity index is 554. The zero-order chi connectivity index (χ0) is 15.1. The molecule has 2 aromatic rings. The van der Waals surface area contributed by atoms with Gasteiger partial charge in [0.15, 0.2) is 0 Å². The number of benzene rings is 1. The van der Waals surface area contributed by atoms with Crippen LogP contribution in [0.1, 0.15) is 25.8 Å². The molecule has 0 saturated carbocycles. The first-order valence-electron chi connectivity index (χ1n) is 7.30. The van der Waals surface area contributed by atoms with E-state index in [4.69, 9.17) is 0 Å². The van der Waals surface area contributed by atoms with Crippen molar-refractivity contribution in [2.75, 3.05) is 6.54 Å². The molecule has 0 radical (unpaired) electrons. The van der Waals surface area contributed by atoms with E-state index in [0.29, 0.717) is 6.54 Å². The first-order chi connectivity index (χ1) is 10.2. The molecule has 0 aliphatic heterocycles. The van der Waals surface area contributed by atoms with E-state index in [1.165, 1.54) is 0 Å². The molecule has 1 unspecified atom stereocenters. The molecule has 6 heteroatoms. The average molecular weight is 323 g/mol. The maximum absolute atomic E-state index is 11.7. The summed E-state index contributed by atoms with van der Waals surface area (Å²) in [7, 11) is 0. The van der Waals surface area contributed by atoms with Crippen LogP contribution in [0.25, 0.3) is 5.69 Å². The van der Waals surface area contributed by atoms with Gasteiger partial charge in [-0.1, -0.05) is 19.1 Å². The third kappa shape index (κ3) is 5.16. The van der Waals surface area contributed by atoms with E-state index in [2.05, 4.69) is 15.7 Å². The molecule has 0 fully saturated rings. The summed E-state index contributed by atoms with van der Waals surface area (Å²) in [4.78, 5) is 11.7. The maximum Gasteiger partial charge on any atom is 0.236 e. The van der Waals surface area contributed by atoms with Crippen LogP contribution in [0.5, 0.6) is 0 Å². The van der Waals surface area contributed by atoms with E-state index in [9.17, 15) is 4.79 Å². The highest BCUT2D eigenvalue weighted by molar-refractivity contribution is 5.85. The van der Waals surface area contributed by atoms with Gasteiger partial charge >= 0.3 is 0 Å². The van der Waals surface area contributed by atoms with Crippen molar-refractivity contribution in [3.05, 3.63) is 48.3 Å². The Morgan fingerprint density at radius 1 is 1.32 bits per heavy atom. The van der Waals surface area contributed by atoms with Gasteiger partial charge in [-0.3, -0.25) is 4.79 Å². The Kier molecular flexibility index (Phi) is 7.63. The smallest absolute Gasteiger partial charge is 0.236 e. The van der Waals surface area contributed by atoms with Gasteiger partial charge in [-0.2, -0.15) is 5.10 Å². The molecule has 120 valence electrons. The second-order valence-electron chi connectivity index (χ2n) is 5.01. The van der Waals surface area contributed by atoms with Crippen LogP contribution < -0.4 is 10.6 Å². The summed E-state index contributed by atoms with van der Waals surface area (Å²) in [5.74, 6) is 0.0463. The summed E-state index contributed by atoms with van der Waals surface area (Å²) in [6.45, 7) is 5.31. The van der Waals surface area contributed by atoms with Gasteiger partial charge in [0.25, 0.3) is 0 Å². The van der Waals surface area contributed by atoms with Crippen molar-refractivity contribution in [2.45, 2.75) is 32.9 Å². The molecule has 0 spiro atoms. The monoisotopic (exact) mass is 322 g/mol. The van der Waals surface area contributed by atoms with Crippen LogP contribution in [0.4, 0.5) is 0 Å². The van der Waals surface area contributed by atoms with E-state index in [1.807, 2.05) is 55.1 Å². The number of rotatable bonds is 7. The Balaban J connectivity index is 0.00000242. The van der Waals surface area contributed by atoms with Crippen LogP contribution in [0.2, 0.25) is 0 Å². The van der Waals surface area contributed by atoms with Crippen molar-refractivity contribution in [2.24, 2.45) is 0 Å². The van der Waals surface area contributed by atoms with Crippen LogP contribution in [0, 0.1) is 0 Å². The minimum absolute atomic E-state index is 0. The van der Waals surface area contributed by atoms with Gasteiger partial charge in [-0.05, 0) is 37.1 Å². The quantitative estimate of drug-likeness (QED) is 0.822. The molecule has 1 aromatic carbocycles. The Hall–Kier alpha value is -1.85. The number of nitrogens with zero attached hydrogens (tertiary/aromatic N) is 2. The molecule has 5 nitrogen and oxygen atoms in total. The van der Waals surface area contributed by atoms with Crippen molar-refractivity contribution in [3.63, 3.8) is 0 Å². The SMILES string of the molecule is CCCNC(=O)C(C)NCc1ccc(-n2cccn2)cc1.Cl. The minimum atomic E-state index is -0.192. The largest absolute Gasteiger partial charge is 0.355 e. The number of aromatic nitrogens is 2. The number of hydrogen-bond acceptors (Lipinski definition) is 3. The van der Waals surface area contributed by atoms with Crippen molar-refractivity contribution in [1.82, 2.24) is 20.4 Å². The van der Waals surface area contributed by atoms with Gasteiger partial charge in [-0.15, -0.1) is 12.4 Å². The minimum Gasteiger partial charge on any atom is -0.355 e. The standard InChI is InChI=1S/C16H22N4O.ClH/c1-3-9-17-16(21)13(2)18-12-14-5-7-15(8-6-14)20-11-4-10-19-20;/h4-8,10-11,13,18H,3,9,12H2,1-2H3,(H,17,21);1H. The molecular formula is C16H23ClN4O. The third-order valence-electron chi connectivity index (χ3n) is 3.26. The Morgan fingerprint density at radius 3 is 2.64 bits per heavy atom. The molecule has 0 saturated heterocycles. The van der Waals surface area contributed by atoms with Crippen LogP contribution in [0.3, 0.4) is 0 Å². The highest BCUT2D eigenvalue weighted by atomic mass is 35.5. The van der Waals surface area contributed by atoms with E-state index in [1.54, 1.807) is 6.20 Å². The predicted octanol–water partition coefficient (Wildman–Crippen LogP) is 2.30. The summed E-state index contributed by atoms with van der Waals surface area (Å²) in [6, 6.07) is 9.83. The molecule has 1 heterocycles. The molecule has 0 aliphatic carbocycles. The molecule has 0 aliphatic rings. The lowest BCUT2D eigenvalue weighted by Crippen LogP contribution is -2.42. The lowest BCUT2D eigenvalue weighted by molar-refractivity contribution is -0.122.